The monoisotopic (exact) mass is 134 g/mol. The van der Waals surface area contributed by atoms with Gasteiger partial charge in [0, 0.05) is 0 Å². The minimum atomic E-state index is -0.123. The molecule has 0 bridgehead atoms. The molecule has 0 aliphatic rings. The summed E-state index contributed by atoms with van der Waals surface area (Å²) >= 11 is 2.13. The van der Waals surface area contributed by atoms with Crippen molar-refractivity contribution in [2.45, 2.75) is 4.82 Å². The Labute approximate surface area is 39.8 Å². The summed E-state index contributed by atoms with van der Waals surface area (Å²) in [7, 11) is 0. The summed E-state index contributed by atoms with van der Waals surface area (Å²) in [4.78, 5) is -0.123. The molecule has 1 atom stereocenters. The molecule has 0 fully saturated rings. The number of nitrogens with zero attached hydrogens (tertiary/aromatic N) is 1. The van der Waals surface area contributed by atoms with Crippen molar-refractivity contribution in [1.82, 2.24) is 0 Å². The van der Waals surface area contributed by atoms with Gasteiger partial charge in [0.1, 0.15) is 0 Å². The van der Waals surface area contributed by atoms with E-state index in [1.165, 1.54) is 0 Å². The molecule has 0 amide bonds. The van der Waals surface area contributed by atoms with E-state index in [1.54, 1.807) is 0 Å². The average Bonchev–Trinajstić information content (AvgIpc) is 1.38. The van der Waals surface area contributed by atoms with Gasteiger partial charge in [-0.3, -0.25) is 0 Å². The second-order valence-electron chi connectivity index (χ2n) is 0.645. The fourth-order valence-electron chi connectivity index (χ4n) is 0. The molecule has 1 radical (unpaired) electrons. The van der Waals surface area contributed by atoms with Crippen molar-refractivity contribution in [3.8, 4) is 6.07 Å². The van der Waals surface area contributed by atoms with E-state index in [0.717, 1.165) is 0 Å². The average molecular weight is 133 g/mol. The molecular formula is C3H4NSe. The van der Waals surface area contributed by atoms with Gasteiger partial charge in [-0.15, -0.1) is 0 Å². The molecule has 2 heteroatoms. The Kier molecular flexibility index (Phi) is 2.26. The summed E-state index contributed by atoms with van der Waals surface area (Å²) in [6.07, 6.45) is 0. The van der Waals surface area contributed by atoms with Crippen LogP contribution in [0.25, 0.3) is 0 Å². The SMILES string of the molecule is [CH2]C([SeH])C#N. The van der Waals surface area contributed by atoms with Crippen LogP contribution in [0.2, 0.25) is 4.82 Å². The van der Waals surface area contributed by atoms with E-state index in [-0.39, 0.29) is 4.82 Å². The second-order valence-corrected chi connectivity index (χ2v) is 1.95. The molecule has 0 aliphatic heterocycles. The number of nitriles is 1. The van der Waals surface area contributed by atoms with Crippen LogP contribution in [0.15, 0.2) is 0 Å². The summed E-state index contributed by atoms with van der Waals surface area (Å²) < 4.78 is 0. The van der Waals surface area contributed by atoms with E-state index >= 15 is 0 Å². The zero-order chi connectivity index (χ0) is 4.28. The summed E-state index contributed by atoms with van der Waals surface area (Å²) in [5.74, 6) is 0. The van der Waals surface area contributed by atoms with Gasteiger partial charge >= 0.3 is 39.1 Å². The topological polar surface area (TPSA) is 23.8 Å². The Morgan fingerprint density at radius 3 is 2.20 bits per heavy atom. The molecule has 0 saturated heterocycles. The molecule has 1 nitrogen and oxygen atoms in total. The molecule has 0 spiro atoms. The first kappa shape index (κ1) is 5.01. The summed E-state index contributed by atoms with van der Waals surface area (Å²) in [6, 6.07) is 1.89. The Balaban J connectivity index is 2.94. The van der Waals surface area contributed by atoms with Crippen molar-refractivity contribution in [3.63, 3.8) is 0 Å². The Bertz CT molecular complexity index is 52.4. The van der Waals surface area contributed by atoms with Crippen molar-refractivity contribution in [3.05, 3.63) is 6.92 Å². The number of hydrogen-bond donors (Lipinski definition) is 0. The zero-order valence-corrected chi connectivity index (χ0v) is 4.56. The zero-order valence-electron chi connectivity index (χ0n) is 2.68. The van der Waals surface area contributed by atoms with Crippen molar-refractivity contribution in [1.29, 1.82) is 5.26 Å². The van der Waals surface area contributed by atoms with Gasteiger partial charge in [0.15, 0.2) is 0 Å². The van der Waals surface area contributed by atoms with Crippen molar-refractivity contribution < 1.29 is 0 Å². The summed E-state index contributed by atoms with van der Waals surface area (Å²) in [6.45, 7) is 3.37. The van der Waals surface area contributed by atoms with Gasteiger partial charge in [-0.05, 0) is 0 Å². The predicted molar refractivity (Wildman–Crippen MR) is 21.9 cm³/mol. The quantitative estimate of drug-likeness (QED) is 0.428. The Morgan fingerprint density at radius 1 is 2.00 bits per heavy atom. The maximum atomic E-state index is 7.82. The molecular weight excluding hydrogens is 129 g/mol. The third-order valence-corrected chi connectivity index (χ3v) is 0.391. The van der Waals surface area contributed by atoms with Gasteiger partial charge < -0.3 is 0 Å². The van der Waals surface area contributed by atoms with E-state index in [4.69, 9.17) is 5.26 Å². The Hall–Kier alpha value is 0.00948. The molecule has 1 unspecified atom stereocenters. The summed E-state index contributed by atoms with van der Waals surface area (Å²) in [5.41, 5.74) is 0. The predicted octanol–water partition coefficient (Wildman–Crippen LogP) is 0.0334. The first-order chi connectivity index (χ1) is 2.27. The molecule has 0 aromatic carbocycles. The van der Waals surface area contributed by atoms with Crippen molar-refractivity contribution >= 4 is 16.0 Å². The van der Waals surface area contributed by atoms with Gasteiger partial charge in [-0.25, -0.2) is 0 Å². The van der Waals surface area contributed by atoms with E-state index in [1.807, 2.05) is 6.07 Å². The Morgan fingerprint density at radius 2 is 2.20 bits per heavy atom. The molecule has 0 heterocycles. The van der Waals surface area contributed by atoms with Crippen LogP contribution in [0.4, 0.5) is 0 Å². The van der Waals surface area contributed by atoms with Crippen LogP contribution in [-0.2, 0) is 0 Å². The molecule has 27 valence electrons. The van der Waals surface area contributed by atoms with Gasteiger partial charge in [-0.2, -0.15) is 0 Å². The van der Waals surface area contributed by atoms with Crippen LogP contribution < -0.4 is 0 Å². The van der Waals surface area contributed by atoms with Gasteiger partial charge in [0.05, 0.1) is 0 Å². The fraction of sp³-hybridized carbons (Fsp3) is 0.333. The van der Waals surface area contributed by atoms with Crippen LogP contribution in [0.3, 0.4) is 0 Å². The van der Waals surface area contributed by atoms with Crippen molar-refractivity contribution in [2.75, 3.05) is 0 Å². The van der Waals surface area contributed by atoms with E-state index in [0.29, 0.717) is 0 Å². The third-order valence-electron chi connectivity index (χ3n) is 0.149. The number of hydrogen-bond acceptors (Lipinski definition) is 1. The van der Waals surface area contributed by atoms with Crippen LogP contribution in [0.5, 0.6) is 0 Å². The van der Waals surface area contributed by atoms with Crippen LogP contribution in [0.1, 0.15) is 0 Å². The van der Waals surface area contributed by atoms with E-state index < -0.39 is 0 Å². The number of rotatable bonds is 0. The maximum absolute atomic E-state index is 7.82. The molecule has 0 saturated carbocycles. The molecule has 0 aromatic rings. The van der Waals surface area contributed by atoms with E-state index in [9.17, 15) is 0 Å². The first-order valence-electron chi connectivity index (χ1n) is 1.18. The molecule has 0 aliphatic carbocycles. The van der Waals surface area contributed by atoms with Crippen molar-refractivity contribution in [2.24, 2.45) is 0 Å². The normalized spacial score (nSPS) is 13.0. The second kappa shape index (κ2) is 2.26. The standard InChI is InChI=1S/C3H4NSe/c1-3(5)2-4/h3,5H,1H2. The van der Waals surface area contributed by atoms with Crippen LogP contribution >= 0.6 is 0 Å². The van der Waals surface area contributed by atoms with Gasteiger partial charge in [0.25, 0.3) is 0 Å². The van der Waals surface area contributed by atoms with Crippen LogP contribution in [-0.4, -0.2) is 16.0 Å². The van der Waals surface area contributed by atoms with Gasteiger partial charge in [-0.1, -0.05) is 0 Å². The molecule has 0 N–H and O–H groups in total. The van der Waals surface area contributed by atoms with Crippen LogP contribution in [0, 0.1) is 18.3 Å². The fourth-order valence-corrected chi connectivity index (χ4v) is 0. The molecule has 0 rings (SSSR count). The summed E-state index contributed by atoms with van der Waals surface area (Å²) in [5, 5.41) is 7.82. The molecule has 0 aromatic heterocycles. The third kappa shape index (κ3) is 4.01. The first-order valence-corrected chi connectivity index (χ1v) is 2.26. The van der Waals surface area contributed by atoms with E-state index in [2.05, 4.69) is 22.9 Å². The molecule has 5 heavy (non-hydrogen) atoms. The van der Waals surface area contributed by atoms with Gasteiger partial charge in [0.2, 0.25) is 0 Å². The minimum absolute atomic E-state index is 0.123.